The average Bonchev–Trinajstić information content (AvgIpc) is 2.52. The summed E-state index contributed by atoms with van der Waals surface area (Å²) in [5.41, 5.74) is 7.96. The second kappa shape index (κ2) is 6.99. The molecule has 1 unspecified atom stereocenters. The van der Waals surface area contributed by atoms with Crippen LogP contribution in [0.3, 0.4) is 0 Å². The SMILES string of the molecule is COc1ccc(COc2ccccc2C(C)N)cc1OC. The molecule has 4 heteroatoms. The van der Waals surface area contributed by atoms with E-state index in [-0.39, 0.29) is 6.04 Å². The van der Waals surface area contributed by atoms with Crippen molar-refractivity contribution in [2.45, 2.75) is 19.6 Å². The van der Waals surface area contributed by atoms with Gasteiger partial charge in [-0.1, -0.05) is 24.3 Å². The van der Waals surface area contributed by atoms with E-state index < -0.39 is 0 Å². The van der Waals surface area contributed by atoms with Crippen LogP contribution in [0.2, 0.25) is 0 Å². The van der Waals surface area contributed by atoms with Crippen molar-refractivity contribution in [2.24, 2.45) is 5.73 Å². The van der Waals surface area contributed by atoms with Crippen molar-refractivity contribution in [1.29, 1.82) is 0 Å². The number of rotatable bonds is 6. The third-order valence-electron chi connectivity index (χ3n) is 3.25. The van der Waals surface area contributed by atoms with Crippen LogP contribution in [-0.2, 0) is 6.61 Å². The van der Waals surface area contributed by atoms with Gasteiger partial charge in [0.2, 0.25) is 0 Å². The molecule has 0 fully saturated rings. The topological polar surface area (TPSA) is 53.7 Å². The maximum Gasteiger partial charge on any atom is 0.161 e. The lowest BCUT2D eigenvalue weighted by molar-refractivity contribution is 0.299. The molecule has 2 rings (SSSR count). The van der Waals surface area contributed by atoms with Gasteiger partial charge >= 0.3 is 0 Å². The summed E-state index contributed by atoms with van der Waals surface area (Å²) in [5.74, 6) is 2.21. The molecule has 0 aliphatic rings. The average molecular weight is 287 g/mol. The molecule has 2 aromatic carbocycles. The Morgan fingerprint density at radius 1 is 0.952 bits per heavy atom. The van der Waals surface area contributed by atoms with Crippen molar-refractivity contribution < 1.29 is 14.2 Å². The Morgan fingerprint density at radius 3 is 2.33 bits per heavy atom. The van der Waals surface area contributed by atoms with Crippen LogP contribution in [0.15, 0.2) is 42.5 Å². The standard InChI is InChI=1S/C17H21NO3/c1-12(18)14-6-4-5-7-15(14)21-11-13-8-9-16(19-2)17(10-13)20-3/h4-10,12H,11,18H2,1-3H3. The molecule has 0 heterocycles. The third-order valence-corrected chi connectivity index (χ3v) is 3.25. The van der Waals surface area contributed by atoms with E-state index in [1.54, 1.807) is 14.2 Å². The van der Waals surface area contributed by atoms with Gasteiger partial charge in [0, 0.05) is 11.6 Å². The van der Waals surface area contributed by atoms with Crippen molar-refractivity contribution in [3.05, 3.63) is 53.6 Å². The smallest absolute Gasteiger partial charge is 0.161 e. The normalized spacial score (nSPS) is 11.8. The van der Waals surface area contributed by atoms with Gasteiger partial charge in [-0.25, -0.2) is 0 Å². The molecular formula is C17H21NO3. The molecule has 0 saturated carbocycles. The van der Waals surface area contributed by atoms with Gasteiger partial charge in [-0.15, -0.1) is 0 Å². The van der Waals surface area contributed by atoms with Crippen LogP contribution < -0.4 is 19.9 Å². The largest absolute Gasteiger partial charge is 0.493 e. The molecule has 112 valence electrons. The molecule has 0 aromatic heterocycles. The highest BCUT2D eigenvalue weighted by molar-refractivity contribution is 5.43. The van der Waals surface area contributed by atoms with Gasteiger partial charge in [-0.05, 0) is 30.7 Å². The second-order valence-electron chi connectivity index (χ2n) is 4.80. The van der Waals surface area contributed by atoms with Crippen molar-refractivity contribution >= 4 is 0 Å². The minimum Gasteiger partial charge on any atom is -0.493 e. The third kappa shape index (κ3) is 3.67. The Kier molecular flexibility index (Phi) is 5.06. The summed E-state index contributed by atoms with van der Waals surface area (Å²) in [4.78, 5) is 0. The zero-order chi connectivity index (χ0) is 15.2. The first-order chi connectivity index (χ1) is 10.2. The van der Waals surface area contributed by atoms with E-state index in [0.29, 0.717) is 18.1 Å². The Labute approximate surface area is 125 Å². The van der Waals surface area contributed by atoms with Crippen LogP contribution in [-0.4, -0.2) is 14.2 Å². The lowest BCUT2D eigenvalue weighted by Crippen LogP contribution is -2.08. The van der Waals surface area contributed by atoms with E-state index in [1.807, 2.05) is 49.4 Å². The van der Waals surface area contributed by atoms with Gasteiger partial charge < -0.3 is 19.9 Å². The Morgan fingerprint density at radius 2 is 1.67 bits per heavy atom. The molecule has 0 spiro atoms. The highest BCUT2D eigenvalue weighted by atomic mass is 16.5. The Balaban J connectivity index is 2.13. The fraction of sp³-hybridized carbons (Fsp3) is 0.294. The monoisotopic (exact) mass is 287 g/mol. The Hall–Kier alpha value is -2.20. The summed E-state index contributed by atoms with van der Waals surface area (Å²) in [6.45, 7) is 2.39. The molecule has 1 atom stereocenters. The van der Waals surface area contributed by atoms with Gasteiger partial charge in [0.25, 0.3) is 0 Å². The van der Waals surface area contributed by atoms with Crippen LogP contribution in [0.1, 0.15) is 24.1 Å². The van der Waals surface area contributed by atoms with Crippen molar-refractivity contribution in [3.63, 3.8) is 0 Å². The second-order valence-corrected chi connectivity index (χ2v) is 4.80. The molecule has 4 nitrogen and oxygen atoms in total. The molecule has 0 aliphatic heterocycles. The Bertz CT molecular complexity index is 596. The summed E-state index contributed by atoms with van der Waals surface area (Å²) in [6.07, 6.45) is 0. The highest BCUT2D eigenvalue weighted by Gasteiger charge is 2.09. The van der Waals surface area contributed by atoms with Crippen LogP contribution >= 0.6 is 0 Å². The fourth-order valence-electron chi connectivity index (χ4n) is 2.12. The maximum atomic E-state index is 5.95. The summed E-state index contributed by atoms with van der Waals surface area (Å²) in [5, 5.41) is 0. The fourth-order valence-corrected chi connectivity index (χ4v) is 2.12. The van der Waals surface area contributed by atoms with Crippen LogP contribution in [0, 0.1) is 0 Å². The number of nitrogens with two attached hydrogens (primary N) is 1. The first-order valence-electron chi connectivity index (χ1n) is 6.84. The van der Waals surface area contributed by atoms with Crippen molar-refractivity contribution in [3.8, 4) is 17.2 Å². The van der Waals surface area contributed by atoms with E-state index in [1.165, 1.54) is 0 Å². The summed E-state index contributed by atoms with van der Waals surface area (Å²) in [7, 11) is 3.24. The zero-order valence-corrected chi connectivity index (χ0v) is 12.6. The molecule has 2 N–H and O–H groups in total. The lowest BCUT2D eigenvalue weighted by Gasteiger charge is -2.14. The lowest BCUT2D eigenvalue weighted by atomic mass is 10.1. The number of methoxy groups -OCH3 is 2. The highest BCUT2D eigenvalue weighted by Crippen LogP contribution is 2.29. The number of hydrogen-bond donors (Lipinski definition) is 1. The number of benzene rings is 2. The molecular weight excluding hydrogens is 266 g/mol. The zero-order valence-electron chi connectivity index (χ0n) is 12.6. The number of hydrogen-bond acceptors (Lipinski definition) is 4. The van der Waals surface area contributed by atoms with E-state index in [2.05, 4.69) is 0 Å². The van der Waals surface area contributed by atoms with Gasteiger partial charge in [-0.3, -0.25) is 0 Å². The first kappa shape index (κ1) is 15.2. The van der Waals surface area contributed by atoms with Crippen LogP contribution in [0.5, 0.6) is 17.2 Å². The number of ether oxygens (including phenoxy) is 3. The van der Waals surface area contributed by atoms with E-state index in [4.69, 9.17) is 19.9 Å². The molecule has 0 saturated heterocycles. The van der Waals surface area contributed by atoms with E-state index >= 15 is 0 Å². The van der Waals surface area contributed by atoms with Gasteiger partial charge in [0.15, 0.2) is 11.5 Å². The van der Waals surface area contributed by atoms with Gasteiger partial charge in [-0.2, -0.15) is 0 Å². The first-order valence-corrected chi connectivity index (χ1v) is 6.84. The summed E-state index contributed by atoms with van der Waals surface area (Å²) in [6, 6.07) is 13.5. The minimum atomic E-state index is -0.0633. The van der Waals surface area contributed by atoms with Gasteiger partial charge in [0.05, 0.1) is 14.2 Å². The quantitative estimate of drug-likeness (QED) is 0.885. The number of para-hydroxylation sites is 1. The van der Waals surface area contributed by atoms with E-state index in [0.717, 1.165) is 16.9 Å². The maximum absolute atomic E-state index is 5.95. The minimum absolute atomic E-state index is 0.0633. The molecule has 0 aliphatic carbocycles. The molecule has 21 heavy (non-hydrogen) atoms. The summed E-state index contributed by atoms with van der Waals surface area (Å²) < 4.78 is 16.4. The summed E-state index contributed by atoms with van der Waals surface area (Å²) >= 11 is 0. The molecule has 0 bridgehead atoms. The van der Waals surface area contributed by atoms with Crippen molar-refractivity contribution in [2.75, 3.05) is 14.2 Å². The predicted molar refractivity (Wildman–Crippen MR) is 82.9 cm³/mol. The molecule has 0 amide bonds. The van der Waals surface area contributed by atoms with Crippen LogP contribution in [0.25, 0.3) is 0 Å². The molecule has 0 radical (unpaired) electrons. The van der Waals surface area contributed by atoms with Crippen LogP contribution in [0.4, 0.5) is 0 Å². The molecule has 2 aromatic rings. The van der Waals surface area contributed by atoms with Crippen molar-refractivity contribution in [1.82, 2.24) is 0 Å². The predicted octanol–water partition coefficient (Wildman–Crippen LogP) is 3.30. The van der Waals surface area contributed by atoms with Gasteiger partial charge in [0.1, 0.15) is 12.4 Å². The van der Waals surface area contributed by atoms with E-state index in [9.17, 15) is 0 Å².